The normalized spacial score (nSPS) is 10.4. The molecule has 0 aliphatic carbocycles. The van der Waals surface area contributed by atoms with Gasteiger partial charge in [0.1, 0.15) is 11.6 Å². The summed E-state index contributed by atoms with van der Waals surface area (Å²) in [6.07, 6.45) is 2.99. The van der Waals surface area contributed by atoms with Gasteiger partial charge in [0.15, 0.2) is 6.61 Å². The first-order valence-corrected chi connectivity index (χ1v) is 7.55. The maximum Gasteiger partial charge on any atom is 0.257 e. The summed E-state index contributed by atoms with van der Waals surface area (Å²) in [5.74, 6) is -0.153. The molecular weight excluding hydrogens is 271 g/mol. The Hall–Kier alpha value is -1.62. The monoisotopic (exact) mass is 296 g/mol. The van der Waals surface area contributed by atoms with E-state index in [1.54, 1.807) is 6.07 Å². The molecule has 2 N–H and O–H groups in total. The first-order chi connectivity index (χ1) is 10.2. The zero-order valence-electron chi connectivity index (χ0n) is 12.9. The maximum absolute atomic E-state index is 13.5. The molecule has 21 heavy (non-hydrogen) atoms. The highest BCUT2D eigenvalue weighted by molar-refractivity contribution is 5.77. The smallest absolute Gasteiger partial charge is 0.257 e. The third-order valence-corrected chi connectivity index (χ3v) is 2.91. The van der Waals surface area contributed by atoms with Gasteiger partial charge < -0.3 is 15.4 Å². The predicted molar refractivity (Wildman–Crippen MR) is 81.8 cm³/mol. The van der Waals surface area contributed by atoms with Crippen LogP contribution in [0.1, 0.15) is 38.7 Å². The number of ether oxygens (including phenoxy) is 1. The van der Waals surface area contributed by atoms with Gasteiger partial charge in [-0.2, -0.15) is 0 Å². The van der Waals surface area contributed by atoms with E-state index >= 15 is 0 Å². The van der Waals surface area contributed by atoms with Crippen LogP contribution in [0.15, 0.2) is 18.2 Å². The fourth-order valence-corrected chi connectivity index (χ4v) is 1.82. The largest absolute Gasteiger partial charge is 0.484 e. The fourth-order valence-electron chi connectivity index (χ4n) is 1.82. The van der Waals surface area contributed by atoms with E-state index in [9.17, 15) is 9.18 Å². The van der Waals surface area contributed by atoms with Gasteiger partial charge in [0.2, 0.25) is 0 Å². The molecule has 0 radical (unpaired) electrons. The van der Waals surface area contributed by atoms with E-state index in [0.717, 1.165) is 31.4 Å². The number of nitrogens with one attached hydrogen (secondary N) is 2. The Bertz CT molecular complexity index is 438. The molecule has 1 aromatic carbocycles. The van der Waals surface area contributed by atoms with Gasteiger partial charge in [-0.1, -0.05) is 20.3 Å². The molecule has 0 saturated heterocycles. The molecule has 4 nitrogen and oxygen atoms in total. The van der Waals surface area contributed by atoms with Crippen LogP contribution in [-0.2, 0) is 11.3 Å². The van der Waals surface area contributed by atoms with Gasteiger partial charge in [-0.25, -0.2) is 4.39 Å². The first-order valence-electron chi connectivity index (χ1n) is 7.55. The summed E-state index contributed by atoms with van der Waals surface area (Å²) in [5.41, 5.74) is 0.810. The lowest BCUT2D eigenvalue weighted by molar-refractivity contribution is -0.123. The Labute approximate surface area is 126 Å². The van der Waals surface area contributed by atoms with Gasteiger partial charge in [0.25, 0.3) is 5.91 Å². The second kappa shape index (κ2) is 10.2. The van der Waals surface area contributed by atoms with Crippen molar-refractivity contribution >= 4 is 5.91 Å². The van der Waals surface area contributed by atoms with E-state index in [2.05, 4.69) is 24.5 Å². The van der Waals surface area contributed by atoms with Crippen LogP contribution in [0.3, 0.4) is 0 Å². The number of hydrogen-bond donors (Lipinski definition) is 2. The summed E-state index contributed by atoms with van der Waals surface area (Å²) in [6, 6.07) is 4.52. The molecule has 118 valence electrons. The number of hydrogen-bond acceptors (Lipinski definition) is 3. The summed E-state index contributed by atoms with van der Waals surface area (Å²) in [4.78, 5) is 11.5. The van der Waals surface area contributed by atoms with Gasteiger partial charge in [0, 0.05) is 19.2 Å². The Kier molecular flexibility index (Phi) is 8.43. The molecule has 1 aromatic rings. The van der Waals surface area contributed by atoms with E-state index in [1.807, 2.05) is 0 Å². The molecule has 0 bridgehead atoms. The third-order valence-electron chi connectivity index (χ3n) is 2.91. The van der Waals surface area contributed by atoms with Crippen LogP contribution < -0.4 is 15.4 Å². The Morgan fingerprint density at radius 3 is 2.71 bits per heavy atom. The van der Waals surface area contributed by atoms with Crippen molar-refractivity contribution in [3.8, 4) is 5.75 Å². The van der Waals surface area contributed by atoms with Gasteiger partial charge in [0.05, 0.1) is 0 Å². The average Bonchev–Trinajstić information content (AvgIpc) is 2.45. The van der Waals surface area contributed by atoms with Crippen molar-refractivity contribution < 1.29 is 13.9 Å². The summed E-state index contributed by atoms with van der Waals surface area (Å²) < 4.78 is 18.8. The molecule has 0 aliphatic heterocycles. The third kappa shape index (κ3) is 7.66. The molecule has 0 aromatic heterocycles. The van der Waals surface area contributed by atoms with Crippen LogP contribution in [0.25, 0.3) is 0 Å². The summed E-state index contributed by atoms with van der Waals surface area (Å²) in [7, 11) is 0. The van der Waals surface area contributed by atoms with Gasteiger partial charge in [-0.3, -0.25) is 4.79 Å². The predicted octanol–water partition coefficient (Wildman–Crippen LogP) is 2.62. The molecule has 0 heterocycles. The Morgan fingerprint density at radius 2 is 2.00 bits per heavy atom. The van der Waals surface area contributed by atoms with Crippen molar-refractivity contribution in [3.05, 3.63) is 29.6 Å². The Balaban J connectivity index is 2.45. The van der Waals surface area contributed by atoms with E-state index in [4.69, 9.17) is 4.74 Å². The first kappa shape index (κ1) is 17.4. The van der Waals surface area contributed by atoms with Crippen LogP contribution in [0.4, 0.5) is 4.39 Å². The van der Waals surface area contributed by atoms with Crippen LogP contribution in [0.2, 0.25) is 0 Å². The van der Waals surface area contributed by atoms with Crippen molar-refractivity contribution in [3.63, 3.8) is 0 Å². The number of halogens is 1. The molecule has 0 aliphatic rings. The molecule has 0 unspecified atom stereocenters. The summed E-state index contributed by atoms with van der Waals surface area (Å²) in [5, 5.41) is 5.96. The number of benzene rings is 1. The molecular formula is C16H25FN2O2. The molecule has 0 fully saturated rings. The number of unbranched alkanes of at least 4 members (excludes halogenated alkanes) is 1. The number of carbonyl (C=O) groups excluding carboxylic acids is 1. The number of carbonyl (C=O) groups is 1. The lowest BCUT2D eigenvalue weighted by Crippen LogP contribution is -2.29. The lowest BCUT2D eigenvalue weighted by atomic mass is 10.2. The van der Waals surface area contributed by atoms with E-state index < -0.39 is 0 Å². The highest BCUT2D eigenvalue weighted by atomic mass is 19.1. The second-order valence-corrected chi connectivity index (χ2v) is 4.96. The summed E-state index contributed by atoms with van der Waals surface area (Å²) >= 11 is 0. The van der Waals surface area contributed by atoms with Gasteiger partial charge >= 0.3 is 0 Å². The number of rotatable bonds is 10. The van der Waals surface area contributed by atoms with Crippen molar-refractivity contribution in [2.75, 3.05) is 19.7 Å². The highest BCUT2D eigenvalue weighted by Gasteiger charge is 2.05. The zero-order chi connectivity index (χ0) is 15.5. The van der Waals surface area contributed by atoms with Crippen molar-refractivity contribution in [1.29, 1.82) is 0 Å². The SMILES string of the molecule is CCCCNC(=O)COc1cc(F)cc(CNCCC)c1. The average molecular weight is 296 g/mol. The fraction of sp³-hybridized carbons (Fsp3) is 0.562. The molecule has 0 atom stereocenters. The van der Waals surface area contributed by atoms with E-state index in [0.29, 0.717) is 18.8 Å². The minimum Gasteiger partial charge on any atom is -0.484 e. The van der Waals surface area contributed by atoms with Crippen LogP contribution in [-0.4, -0.2) is 25.6 Å². The lowest BCUT2D eigenvalue weighted by Gasteiger charge is -2.09. The second-order valence-electron chi connectivity index (χ2n) is 4.96. The number of amides is 1. The van der Waals surface area contributed by atoms with Gasteiger partial charge in [-0.15, -0.1) is 0 Å². The molecule has 5 heteroatoms. The standard InChI is InChI=1S/C16H25FN2O2/c1-3-5-7-19-16(20)12-21-15-9-13(8-14(17)10-15)11-18-6-4-2/h8-10,18H,3-7,11-12H2,1-2H3,(H,19,20). The summed E-state index contributed by atoms with van der Waals surface area (Å²) in [6.45, 7) is 6.16. The molecule has 1 rings (SSSR count). The zero-order valence-corrected chi connectivity index (χ0v) is 12.9. The van der Waals surface area contributed by atoms with Crippen LogP contribution in [0.5, 0.6) is 5.75 Å². The minimum absolute atomic E-state index is 0.0883. The van der Waals surface area contributed by atoms with Crippen molar-refractivity contribution in [2.45, 2.75) is 39.7 Å². The van der Waals surface area contributed by atoms with Crippen LogP contribution >= 0.6 is 0 Å². The molecule has 0 saturated carbocycles. The van der Waals surface area contributed by atoms with Crippen molar-refractivity contribution in [1.82, 2.24) is 10.6 Å². The van der Waals surface area contributed by atoms with E-state index in [1.165, 1.54) is 12.1 Å². The van der Waals surface area contributed by atoms with Crippen molar-refractivity contribution in [2.24, 2.45) is 0 Å². The maximum atomic E-state index is 13.5. The topological polar surface area (TPSA) is 50.4 Å². The molecule has 0 spiro atoms. The van der Waals surface area contributed by atoms with E-state index in [-0.39, 0.29) is 18.3 Å². The quantitative estimate of drug-likeness (QED) is 0.653. The molecule has 1 amide bonds. The van der Waals surface area contributed by atoms with Gasteiger partial charge in [-0.05, 0) is 37.1 Å². The van der Waals surface area contributed by atoms with Crippen LogP contribution in [0, 0.1) is 5.82 Å². The highest BCUT2D eigenvalue weighted by Crippen LogP contribution is 2.16. The minimum atomic E-state index is -0.354. The Morgan fingerprint density at radius 1 is 1.19 bits per heavy atom.